The maximum Gasteiger partial charge on any atom is 0.357 e. The third-order valence-electron chi connectivity index (χ3n) is 3.78. The molecule has 2 heterocycles. The highest BCUT2D eigenvalue weighted by Crippen LogP contribution is 2.19. The van der Waals surface area contributed by atoms with Gasteiger partial charge in [0.05, 0.1) is 5.69 Å². The Morgan fingerprint density at radius 2 is 2.29 bits per heavy atom. The molecule has 118 valence electrons. The molecule has 1 aliphatic heterocycles. The molecule has 0 aliphatic carbocycles. The van der Waals surface area contributed by atoms with E-state index in [4.69, 9.17) is 5.11 Å². The molecule has 0 spiro atoms. The number of aromatic amines is 1. The molecule has 1 aromatic rings. The molecule has 0 amide bonds. The van der Waals surface area contributed by atoms with Crippen LogP contribution < -0.4 is 4.72 Å². The number of H-pyrrole nitrogens is 1. The van der Waals surface area contributed by atoms with Crippen molar-refractivity contribution in [2.45, 2.75) is 37.6 Å². The van der Waals surface area contributed by atoms with Crippen molar-refractivity contribution in [3.8, 4) is 0 Å². The molecule has 21 heavy (non-hydrogen) atoms. The summed E-state index contributed by atoms with van der Waals surface area (Å²) in [6, 6.07) is 0.158. The van der Waals surface area contributed by atoms with E-state index < -0.39 is 21.7 Å². The van der Waals surface area contributed by atoms with Crippen LogP contribution in [0.3, 0.4) is 0 Å². The second-order valence-electron chi connectivity index (χ2n) is 5.11. The summed E-state index contributed by atoms with van der Waals surface area (Å²) >= 11 is 0. The SMILES string of the molecule is CCN1CCCC1CNS(=O)(=O)c1c(C(=O)O)n[nH]c1C. The molecule has 1 atom stereocenters. The molecule has 1 aliphatic rings. The summed E-state index contributed by atoms with van der Waals surface area (Å²) in [5, 5.41) is 15.0. The number of nitrogens with zero attached hydrogens (tertiary/aromatic N) is 2. The van der Waals surface area contributed by atoms with Gasteiger partial charge in [0, 0.05) is 12.6 Å². The number of carbonyl (C=O) groups is 1. The third kappa shape index (κ3) is 3.25. The Hall–Kier alpha value is -1.45. The lowest BCUT2D eigenvalue weighted by atomic mass is 10.2. The number of sulfonamides is 1. The van der Waals surface area contributed by atoms with Gasteiger partial charge in [-0.15, -0.1) is 0 Å². The van der Waals surface area contributed by atoms with Gasteiger partial charge in [0.15, 0.2) is 5.69 Å². The van der Waals surface area contributed by atoms with E-state index in [2.05, 4.69) is 19.8 Å². The third-order valence-corrected chi connectivity index (χ3v) is 5.36. The number of likely N-dealkylation sites (tertiary alicyclic amines) is 1. The van der Waals surface area contributed by atoms with E-state index >= 15 is 0 Å². The second-order valence-corrected chi connectivity index (χ2v) is 6.81. The van der Waals surface area contributed by atoms with Crippen LogP contribution in [0.2, 0.25) is 0 Å². The molecule has 1 unspecified atom stereocenters. The second kappa shape index (κ2) is 6.12. The van der Waals surface area contributed by atoms with Crippen molar-refractivity contribution in [2.24, 2.45) is 0 Å². The van der Waals surface area contributed by atoms with Crippen LogP contribution in [0.5, 0.6) is 0 Å². The average molecular weight is 316 g/mol. The number of hydrogen-bond donors (Lipinski definition) is 3. The quantitative estimate of drug-likeness (QED) is 0.689. The van der Waals surface area contributed by atoms with E-state index in [0.717, 1.165) is 25.9 Å². The zero-order valence-corrected chi connectivity index (χ0v) is 12.9. The van der Waals surface area contributed by atoms with E-state index in [1.54, 1.807) is 0 Å². The molecule has 1 fully saturated rings. The smallest absolute Gasteiger partial charge is 0.357 e. The summed E-state index contributed by atoms with van der Waals surface area (Å²) in [6.45, 7) is 5.64. The van der Waals surface area contributed by atoms with E-state index in [1.165, 1.54) is 6.92 Å². The maximum atomic E-state index is 12.3. The monoisotopic (exact) mass is 316 g/mol. The number of hydrogen-bond acceptors (Lipinski definition) is 5. The Kier molecular flexibility index (Phi) is 4.64. The number of nitrogens with one attached hydrogen (secondary N) is 2. The highest BCUT2D eigenvalue weighted by atomic mass is 32.2. The number of rotatable bonds is 6. The highest BCUT2D eigenvalue weighted by molar-refractivity contribution is 7.89. The Bertz CT molecular complexity index is 625. The number of carboxylic acid groups (broad SMARTS) is 1. The molecule has 2 rings (SSSR count). The van der Waals surface area contributed by atoms with Crippen molar-refractivity contribution in [1.29, 1.82) is 0 Å². The average Bonchev–Trinajstić information content (AvgIpc) is 3.02. The molecular weight excluding hydrogens is 296 g/mol. The molecular formula is C12H20N4O4S. The number of carboxylic acids is 1. The van der Waals surface area contributed by atoms with Gasteiger partial charge in [-0.1, -0.05) is 6.92 Å². The zero-order chi connectivity index (χ0) is 15.6. The minimum atomic E-state index is -3.89. The molecule has 0 bridgehead atoms. The number of aryl methyl sites for hydroxylation is 1. The van der Waals surface area contributed by atoms with Crippen molar-refractivity contribution in [3.05, 3.63) is 11.4 Å². The molecule has 0 radical (unpaired) electrons. The van der Waals surface area contributed by atoms with Crippen molar-refractivity contribution in [1.82, 2.24) is 19.8 Å². The molecule has 1 aromatic heterocycles. The molecule has 0 aromatic carbocycles. The van der Waals surface area contributed by atoms with Crippen LogP contribution in [0.15, 0.2) is 4.90 Å². The minimum Gasteiger partial charge on any atom is -0.476 e. The molecule has 8 nitrogen and oxygen atoms in total. The fraction of sp³-hybridized carbons (Fsp3) is 0.667. The van der Waals surface area contributed by atoms with Crippen LogP contribution in [-0.4, -0.2) is 60.3 Å². The normalized spacial score (nSPS) is 20.0. The fourth-order valence-electron chi connectivity index (χ4n) is 2.71. The Balaban J connectivity index is 2.16. The predicted molar refractivity (Wildman–Crippen MR) is 75.7 cm³/mol. The summed E-state index contributed by atoms with van der Waals surface area (Å²) in [5.74, 6) is -1.37. The van der Waals surface area contributed by atoms with E-state index in [-0.39, 0.29) is 23.2 Å². The van der Waals surface area contributed by atoms with Crippen LogP contribution in [0.1, 0.15) is 35.9 Å². The van der Waals surface area contributed by atoms with Crippen molar-refractivity contribution >= 4 is 16.0 Å². The first-order valence-corrected chi connectivity index (χ1v) is 8.37. The largest absolute Gasteiger partial charge is 0.476 e. The fourth-order valence-corrected chi connectivity index (χ4v) is 4.11. The lowest BCUT2D eigenvalue weighted by molar-refractivity contribution is 0.0686. The van der Waals surface area contributed by atoms with Crippen LogP contribution in [0.25, 0.3) is 0 Å². The van der Waals surface area contributed by atoms with Crippen LogP contribution in [0.4, 0.5) is 0 Å². The number of likely N-dealkylation sites (N-methyl/N-ethyl adjacent to an activating group) is 1. The zero-order valence-electron chi connectivity index (χ0n) is 12.1. The first kappa shape index (κ1) is 15.9. The molecule has 9 heteroatoms. The number of aromatic carboxylic acids is 1. The van der Waals surface area contributed by atoms with Gasteiger partial charge in [0.25, 0.3) is 0 Å². The van der Waals surface area contributed by atoms with Crippen molar-refractivity contribution in [2.75, 3.05) is 19.6 Å². The molecule has 1 saturated heterocycles. The van der Waals surface area contributed by atoms with Crippen molar-refractivity contribution in [3.63, 3.8) is 0 Å². The van der Waals surface area contributed by atoms with E-state index in [1.807, 2.05) is 6.92 Å². The topological polar surface area (TPSA) is 115 Å². The highest BCUT2D eigenvalue weighted by Gasteiger charge is 2.30. The van der Waals surface area contributed by atoms with Gasteiger partial charge in [-0.3, -0.25) is 10.00 Å². The lowest BCUT2D eigenvalue weighted by Gasteiger charge is -2.22. The predicted octanol–water partition coefficient (Wildman–Crippen LogP) is 0.179. The summed E-state index contributed by atoms with van der Waals surface area (Å²) in [6.07, 6.45) is 1.98. The van der Waals surface area contributed by atoms with E-state index in [9.17, 15) is 13.2 Å². The van der Waals surface area contributed by atoms with Gasteiger partial charge >= 0.3 is 5.97 Å². The van der Waals surface area contributed by atoms with Gasteiger partial charge in [-0.05, 0) is 32.9 Å². The lowest BCUT2D eigenvalue weighted by Crippen LogP contribution is -2.40. The first-order chi connectivity index (χ1) is 9.86. The maximum absolute atomic E-state index is 12.3. The standard InChI is InChI=1S/C12H20N4O4S/c1-3-16-6-4-5-9(16)7-13-21(19,20)11-8(2)14-15-10(11)12(17)18/h9,13H,3-7H2,1-2H3,(H,14,15)(H,17,18). The van der Waals surface area contributed by atoms with Crippen molar-refractivity contribution < 1.29 is 18.3 Å². The van der Waals surface area contributed by atoms with Crippen LogP contribution in [0, 0.1) is 6.92 Å². The molecule has 3 N–H and O–H groups in total. The number of aromatic nitrogens is 2. The van der Waals surface area contributed by atoms with E-state index in [0.29, 0.717) is 0 Å². The Morgan fingerprint density at radius 3 is 2.90 bits per heavy atom. The van der Waals surface area contributed by atoms with Crippen LogP contribution >= 0.6 is 0 Å². The summed E-state index contributed by atoms with van der Waals surface area (Å²) in [4.78, 5) is 13.0. The summed E-state index contributed by atoms with van der Waals surface area (Å²) in [5.41, 5.74) is -0.252. The Morgan fingerprint density at radius 1 is 1.57 bits per heavy atom. The minimum absolute atomic E-state index is 0.158. The van der Waals surface area contributed by atoms with Crippen LogP contribution in [-0.2, 0) is 10.0 Å². The van der Waals surface area contributed by atoms with Gasteiger partial charge < -0.3 is 5.11 Å². The van der Waals surface area contributed by atoms with Gasteiger partial charge in [0.1, 0.15) is 4.90 Å². The van der Waals surface area contributed by atoms with Gasteiger partial charge in [-0.25, -0.2) is 17.9 Å². The molecule has 0 saturated carbocycles. The van der Waals surface area contributed by atoms with Gasteiger partial charge in [0.2, 0.25) is 10.0 Å². The van der Waals surface area contributed by atoms with Gasteiger partial charge in [-0.2, -0.15) is 5.10 Å². The Labute approximate surface area is 123 Å². The summed E-state index contributed by atoms with van der Waals surface area (Å²) < 4.78 is 27.2. The summed E-state index contributed by atoms with van der Waals surface area (Å²) in [7, 11) is -3.89. The first-order valence-electron chi connectivity index (χ1n) is 6.88.